The molecule has 0 spiro atoms. The van der Waals surface area contributed by atoms with E-state index in [1.165, 1.54) is 11.8 Å². The van der Waals surface area contributed by atoms with E-state index in [4.69, 9.17) is 4.74 Å². The van der Waals surface area contributed by atoms with Gasteiger partial charge in [-0.3, -0.25) is 4.79 Å². The van der Waals surface area contributed by atoms with E-state index < -0.39 is 11.1 Å². The second-order valence-electron chi connectivity index (χ2n) is 4.78. The highest BCUT2D eigenvalue weighted by Gasteiger charge is 2.36. The van der Waals surface area contributed by atoms with Gasteiger partial charge in [0, 0.05) is 12.9 Å². The fourth-order valence-electron chi connectivity index (χ4n) is 0.845. The number of carbonyl (C=O) groups is 1. The van der Waals surface area contributed by atoms with Crippen molar-refractivity contribution in [2.75, 3.05) is 25.2 Å². The highest BCUT2D eigenvalue weighted by atomic mass is 32.2. The summed E-state index contributed by atoms with van der Waals surface area (Å²) in [6.07, 6.45) is 0. The van der Waals surface area contributed by atoms with Gasteiger partial charge < -0.3 is 15.2 Å². The van der Waals surface area contributed by atoms with Crippen LogP contribution in [0.4, 0.5) is 0 Å². The average molecular weight is 249 g/mol. The molecule has 96 valence electrons. The highest BCUT2D eigenvalue weighted by molar-refractivity contribution is 7.99. The van der Waals surface area contributed by atoms with Gasteiger partial charge >= 0.3 is 0 Å². The van der Waals surface area contributed by atoms with Crippen LogP contribution in [0.5, 0.6) is 0 Å². The van der Waals surface area contributed by atoms with Crippen LogP contribution in [0.25, 0.3) is 0 Å². The third-order valence-electron chi connectivity index (χ3n) is 2.65. The van der Waals surface area contributed by atoms with Crippen LogP contribution in [0.3, 0.4) is 0 Å². The van der Waals surface area contributed by atoms with E-state index in [0.29, 0.717) is 12.4 Å². The molecule has 0 saturated carbocycles. The summed E-state index contributed by atoms with van der Waals surface area (Å²) in [6, 6.07) is 0. The zero-order valence-electron chi connectivity index (χ0n) is 10.8. The van der Waals surface area contributed by atoms with Crippen molar-refractivity contribution in [1.29, 1.82) is 0 Å². The van der Waals surface area contributed by atoms with Crippen molar-refractivity contribution in [2.24, 2.45) is 0 Å². The number of aliphatic hydroxyl groups is 1. The summed E-state index contributed by atoms with van der Waals surface area (Å²) in [4.78, 5) is 11.6. The summed E-state index contributed by atoms with van der Waals surface area (Å²) in [5.41, 5.74) is -1.58. The monoisotopic (exact) mass is 249 g/mol. The fraction of sp³-hybridized carbons (Fsp3) is 0.909. The number of amides is 1. The lowest BCUT2D eigenvalue weighted by molar-refractivity contribution is -0.123. The molecule has 0 atom stereocenters. The van der Waals surface area contributed by atoms with Gasteiger partial charge in [-0.25, -0.2) is 0 Å². The Labute approximate surface area is 102 Å². The number of carbonyl (C=O) groups excluding carboxylic acids is 1. The van der Waals surface area contributed by atoms with E-state index in [0.717, 1.165) is 5.75 Å². The number of ether oxygens (including phenoxy) is 1. The average Bonchev–Trinajstić information content (AvgIpc) is 2.10. The van der Waals surface area contributed by atoms with Crippen molar-refractivity contribution < 1.29 is 14.6 Å². The maximum Gasteiger partial charge on any atom is 0.230 e. The first-order chi connectivity index (χ1) is 7.20. The summed E-state index contributed by atoms with van der Waals surface area (Å²) in [6.45, 7) is 7.64. The van der Waals surface area contributed by atoms with Gasteiger partial charge in [-0.2, -0.15) is 0 Å². The number of hydrogen-bond acceptors (Lipinski definition) is 4. The van der Waals surface area contributed by atoms with Gasteiger partial charge in [0.05, 0.1) is 23.5 Å². The predicted octanol–water partition coefficient (Wildman–Crippen LogP) is 1.03. The minimum atomic E-state index is -0.945. The van der Waals surface area contributed by atoms with Gasteiger partial charge in [-0.15, -0.1) is 11.8 Å². The third kappa shape index (κ3) is 5.72. The molecule has 0 rings (SSSR count). The maximum atomic E-state index is 11.6. The Balaban J connectivity index is 3.96. The smallest absolute Gasteiger partial charge is 0.230 e. The molecule has 0 aromatic rings. The summed E-state index contributed by atoms with van der Waals surface area (Å²) < 4.78 is 4.89. The summed E-state index contributed by atoms with van der Waals surface area (Å²) in [7, 11) is 1.64. The first kappa shape index (κ1) is 15.7. The molecule has 0 saturated heterocycles. The molecule has 0 aromatic heterocycles. The van der Waals surface area contributed by atoms with Crippen molar-refractivity contribution in [3.8, 4) is 0 Å². The van der Waals surface area contributed by atoms with Crippen LogP contribution >= 0.6 is 11.8 Å². The second-order valence-corrected chi connectivity index (χ2v) is 5.88. The number of nitrogens with one attached hydrogen (secondary N) is 1. The van der Waals surface area contributed by atoms with Crippen molar-refractivity contribution in [3.63, 3.8) is 0 Å². The van der Waals surface area contributed by atoms with E-state index in [2.05, 4.69) is 5.32 Å². The van der Waals surface area contributed by atoms with E-state index in [9.17, 15) is 9.90 Å². The van der Waals surface area contributed by atoms with Gasteiger partial charge in [-0.05, 0) is 27.7 Å². The van der Waals surface area contributed by atoms with E-state index in [1.807, 2.05) is 13.8 Å². The lowest BCUT2D eigenvalue weighted by atomic mass is 9.86. The predicted molar refractivity (Wildman–Crippen MR) is 67.7 cm³/mol. The Morgan fingerprint density at radius 1 is 1.38 bits per heavy atom. The molecule has 16 heavy (non-hydrogen) atoms. The molecule has 0 bridgehead atoms. The first-order valence-electron chi connectivity index (χ1n) is 5.31. The van der Waals surface area contributed by atoms with Crippen LogP contribution in [-0.2, 0) is 9.53 Å². The van der Waals surface area contributed by atoms with Crippen LogP contribution in [0.15, 0.2) is 0 Å². The normalized spacial score (nSPS) is 12.6. The van der Waals surface area contributed by atoms with Gasteiger partial charge in [0.25, 0.3) is 0 Å². The Morgan fingerprint density at radius 3 is 2.38 bits per heavy atom. The summed E-state index contributed by atoms with van der Waals surface area (Å²) in [5, 5.41) is 12.7. The standard InChI is InChI=1S/C11H23NO3S/c1-10(2,11(3,4)14)12-9(13)8-16-7-6-15-5/h14H,6-8H2,1-5H3,(H,12,13). The summed E-state index contributed by atoms with van der Waals surface area (Å²) in [5.74, 6) is 1.13. The van der Waals surface area contributed by atoms with Crippen LogP contribution in [0.2, 0.25) is 0 Å². The summed E-state index contributed by atoms with van der Waals surface area (Å²) >= 11 is 1.52. The molecule has 0 heterocycles. The molecule has 0 aliphatic rings. The minimum absolute atomic E-state index is 0.0618. The maximum absolute atomic E-state index is 11.6. The highest BCUT2D eigenvalue weighted by Crippen LogP contribution is 2.20. The van der Waals surface area contributed by atoms with Crippen LogP contribution in [0, 0.1) is 0 Å². The molecular formula is C11H23NO3S. The van der Waals surface area contributed by atoms with Crippen LogP contribution < -0.4 is 5.32 Å². The largest absolute Gasteiger partial charge is 0.388 e. The van der Waals surface area contributed by atoms with Crippen molar-refractivity contribution in [1.82, 2.24) is 5.32 Å². The molecule has 1 amide bonds. The number of thioether (sulfide) groups is 1. The molecule has 0 unspecified atom stereocenters. The number of rotatable bonds is 7. The molecule has 5 heteroatoms. The SMILES string of the molecule is COCCSCC(=O)NC(C)(C)C(C)(C)O. The fourth-order valence-corrected chi connectivity index (χ4v) is 1.53. The zero-order chi connectivity index (χ0) is 12.8. The van der Waals surface area contributed by atoms with Gasteiger partial charge in [0.15, 0.2) is 0 Å². The van der Waals surface area contributed by atoms with Gasteiger partial charge in [0.2, 0.25) is 5.91 Å². The molecule has 0 aliphatic carbocycles. The van der Waals surface area contributed by atoms with Crippen LogP contribution in [-0.4, -0.2) is 47.4 Å². The third-order valence-corrected chi connectivity index (χ3v) is 3.57. The molecule has 0 aliphatic heterocycles. The van der Waals surface area contributed by atoms with E-state index in [1.54, 1.807) is 21.0 Å². The van der Waals surface area contributed by atoms with Gasteiger partial charge in [0.1, 0.15) is 0 Å². The van der Waals surface area contributed by atoms with Crippen molar-refractivity contribution in [3.05, 3.63) is 0 Å². The molecule has 0 radical (unpaired) electrons. The van der Waals surface area contributed by atoms with E-state index in [-0.39, 0.29) is 5.91 Å². The molecular weight excluding hydrogens is 226 g/mol. The van der Waals surface area contributed by atoms with E-state index >= 15 is 0 Å². The van der Waals surface area contributed by atoms with Crippen molar-refractivity contribution in [2.45, 2.75) is 38.8 Å². The van der Waals surface area contributed by atoms with Crippen molar-refractivity contribution >= 4 is 17.7 Å². The Morgan fingerprint density at radius 2 is 1.94 bits per heavy atom. The molecule has 2 N–H and O–H groups in total. The topological polar surface area (TPSA) is 58.6 Å². The zero-order valence-corrected chi connectivity index (χ0v) is 11.6. The molecule has 4 nitrogen and oxygen atoms in total. The number of hydrogen-bond donors (Lipinski definition) is 2. The Kier molecular flexibility index (Phi) is 6.36. The number of methoxy groups -OCH3 is 1. The van der Waals surface area contributed by atoms with Gasteiger partial charge in [-0.1, -0.05) is 0 Å². The first-order valence-corrected chi connectivity index (χ1v) is 6.46. The molecule has 0 fully saturated rings. The Hall–Kier alpha value is -0.260. The second kappa shape index (κ2) is 6.47. The lowest BCUT2D eigenvalue weighted by Gasteiger charge is -2.37. The quantitative estimate of drug-likeness (QED) is 0.662. The lowest BCUT2D eigenvalue weighted by Crippen LogP contribution is -2.58. The minimum Gasteiger partial charge on any atom is -0.388 e. The Bertz CT molecular complexity index is 224. The molecule has 0 aromatic carbocycles. The van der Waals surface area contributed by atoms with Crippen LogP contribution in [0.1, 0.15) is 27.7 Å².